The fourth-order valence-corrected chi connectivity index (χ4v) is 2.81. The predicted molar refractivity (Wildman–Crippen MR) is 80.6 cm³/mol. The molecule has 0 amide bonds. The zero-order valence-corrected chi connectivity index (χ0v) is 13.4. The normalized spacial score (nSPS) is 12.1. The van der Waals surface area contributed by atoms with Gasteiger partial charge in [0.25, 0.3) is 0 Å². The van der Waals surface area contributed by atoms with Gasteiger partial charge in [-0.2, -0.15) is 5.26 Å². The van der Waals surface area contributed by atoms with Crippen LogP contribution in [0.15, 0.2) is 22.7 Å². The number of nitriles is 1. The van der Waals surface area contributed by atoms with Crippen molar-refractivity contribution in [1.29, 1.82) is 5.26 Å². The Balaban J connectivity index is 2.97. The highest BCUT2D eigenvalue weighted by Gasteiger charge is 2.25. The number of rotatable bonds is 3. The topological polar surface area (TPSA) is 35.8 Å². The molecule has 1 N–H and O–H groups in total. The van der Waals surface area contributed by atoms with Crippen LogP contribution in [0.3, 0.4) is 0 Å². The average molecular weight is 309 g/mol. The van der Waals surface area contributed by atoms with Crippen molar-refractivity contribution in [3.63, 3.8) is 0 Å². The second-order valence-corrected chi connectivity index (χ2v) is 7.46. The fraction of sp³-hybridized carbons (Fsp3) is 0.533. The van der Waals surface area contributed by atoms with E-state index < -0.39 is 0 Å². The SMILES string of the molecule is CC(C)(C)CC(C)(C)Nc1cc(Br)ccc1C#N. The molecule has 0 heterocycles. The van der Waals surface area contributed by atoms with Crippen molar-refractivity contribution in [2.45, 2.75) is 46.6 Å². The van der Waals surface area contributed by atoms with Gasteiger partial charge in [0.2, 0.25) is 0 Å². The Bertz CT molecular complexity index is 464. The molecule has 0 aromatic heterocycles. The van der Waals surface area contributed by atoms with Crippen LogP contribution in [-0.4, -0.2) is 5.54 Å². The van der Waals surface area contributed by atoms with Crippen LogP contribution >= 0.6 is 15.9 Å². The lowest BCUT2D eigenvalue weighted by atomic mass is 9.81. The minimum absolute atomic E-state index is 0.0509. The first-order valence-corrected chi connectivity index (χ1v) is 6.90. The van der Waals surface area contributed by atoms with Crippen LogP contribution in [0.4, 0.5) is 5.69 Å². The second kappa shape index (κ2) is 5.32. The number of benzene rings is 1. The first-order chi connectivity index (χ1) is 8.13. The lowest BCUT2D eigenvalue weighted by molar-refractivity contribution is 0.302. The monoisotopic (exact) mass is 308 g/mol. The van der Waals surface area contributed by atoms with Gasteiger partial charge in [-0.05, 0) is 43.9 Å². The molecule has 0 saturated heterocycles. The van der Waals surface area contributed by atoms with Crippen LogP contribution in [0.2, 0.25) is 0 Å². The summed E-state index contributed by atoms with van der Waals surface area (Å²) < 4.78 is 0.982. The van der Waals surface area contributed by atoms with Crippen molar-refractivity contribution in [3.8, 4) is 6.07 Å². The molecule has 0 aliphatic heterocycles. The number of hydrogen-bond donors (Lipinski definition) is 1. The van der Waals surface area contributed by atoms with Gasteiger partial charge in [0, 0.05) is 10.0 Å². The molecule has 0 atom stereocenters. The van der Waals surface area contributed by atoms with Crippen molar-refractivity contribution < 1.29 is 0 Å². The minimum atomic E-state index is -0.0509. The van der Waals surface area contributed by atoms with Crippen LogP contribution in [0.5, 0.6) is 0 Å². The molecule has 1 rings (SSSR count). The van der Waals surface area contributed by atoms with E-state index in [0.717, 1.165) is 16.6 Å². The van der Waals surface area contributed by atoms with Gasteiger partial charge in [-0.25, -0.2) is 0 Å². The van der Waals surface area contributed by atoms with Crippen molar-refractivity contribution in [3.05, 3.63) is 28.2 Å². The van der Waals surface area contributed by atoms with Crippen molar-refractivity contribution in [2.75, 3.05) is 5.32 Å². The molecular formula is C15H21BrN2. The van der Waals surface area contributed by atoms with Crippen LogP contribution in [0.25, 0.3) is 0 Å². The van der Waals surface area contributed by atoms with Crippen molar-refractivity contribution in [2.24, 2.45) is 5.41 Å². The maximum atomic E-state index is 9.13. The van der Waals surface area contributed by atoms with E-state index in [9.17, 15) is 0 Å². The molecule has 98 valence electrons. The standard InChI is InChI=1S/C15H21BrN2/c1-14(2,3)10-15(4,5)18-13-8-12(16)7-6-11(13)9-17/h6-8,18H,10H2,1-5H3. The van der Waals surface area contributed by atoms with Gasteiger partial charge >= 0.3 is 0 Å². The Morgan fingerprint density at radius 2 is 1.83 bits per heavy atom. The molecule has 0 unspecified atom stereocenters. The molecule has 1 aromatic carbocycles. The third-order valence-electron chi connectivity index (χ3n) is 2.55. The largest absolute Gasteiger partial charge is 0.379 e. The Kier molecular flexibility index (Phi) is 4.45. The van der Waals surface area contributed by atoms with E-state index in [-0.39, 0.29) is 11.0 Å². The Hall–Kier alpha value is -1.01. The highest BCUT2D eigenvalue weighted by atomic mass is 79.9. The zero-order chi connectivity index (χ0) is 14.0. The summed E-state index contributed by atoms with van der Waals surface area (Å²) in [5.74, 6) is 0. The first-order valence-electron chi connectivity index (χ1n) is 6.11. The third-order valence-corrected chi connectivity index (χ3v) is 3.04. The van der Waals surface area contributed by atoms with Crippen molar-refractivity contribution >= 4 is 21.6 Å². The molecule has 0 fully saturated rings. The summed E-state index contributed by atoms with van der Waals surface area (Å²) >= 11 is 3.45. The van der Waals surface area contributed by atoms with Gasteiger partial charge in [0.15, 0.2) is 0 Å². The van der Waals surface area contributed by atoms with E-state index >= 15 is 0 Å². The van der Waals surface area contributed by atoms with E-state index in [0.29, 0.717) is 5.56 Å². The summed E-state index contributed by atoms with van der Waals surface area (Å²) in [5, 5.41) is 12.6. The lowest BCUT2D eigenvalue weighted by Gasteiger charge is -2.34. The fourth-order valence-electron chi connectivity index (χ4n) is 2.45. The smallest absolute Gasteiger partial charge is 0.101 e. The molecule has 2 nitrogen and oxygen atoms in total. The molecule has 18 heavy (non-hydrogen) atoms. The molecule has 0 aliphatic carbocycles. The third kappa shape index (κ3) is 4.70. The number of hydrogen-bond acceptors (Lipinski definition) is 2. The molecule has 0 saturated carbocycles. The zero-order valence-electron chi connectivity index (χ0n) is 11.8. The van der Waals surface area contributed by atoms with Crippen LogP contribution in [0.1, 0.15) is 46.6 Å². The molecule has 3 heteroatoms. The van der Waals surface area contributed by atoms with E-state index in [1.54, 1.807) is 0 Å². The van der Waals surface area contributed by atoms with Crippen molar-refractivity contribution in [1.82, 2.24) is 0 Å². The van der Waals surface area contributed by atoms with Gasteiger partial charge in [0.1, 0.15) is 6.07 Å². The maximum absolute atomic E-state index is 9.13. The van der Waals surface area contributed by atoms with E-state index in [1.165, 1.54) is 0 Å². The maximum Gasteiger partial charge on any atom is 0.101 e. The number of anilines is 1. The molecular weight excluding hydrogens is 288 g/mol. The predicted octanol–water partition coefficient (Wildman–Crippen LogP) is 4.95. The Morgan fingerprint density at radius 3 is 2.33 bits per heavy atom. The number of halogens is 1. The summed E-state index contributed by atoms with van der Waals surface area (Å²) in [7, 11) is 0. The van der Waals surface area contributed by atoms with Crippen LogP contribution in [-0.2, 0) is 0 Å². The summed E-state index contributed by atoms with van der Waals surface area (Å²) in [6.45, 7) is 11.0. The Morgan fingerprint density at radius 1 is 1.22 bits per heavy atom. The summed E-state index contributed by atoms with van der Waals surface area (Å²) in [6, 6.07) is 7.91. The summed E-state index contributed by atoms with van der Waals surface area (Å²) in [5.41, 5.74) is 1.77. The molecule has 0 aliphatic rings. The molecule has 1 aromatic rings. The van der Waals surface area contributed by atoms with Gasteiger partial charge in [-0.3, -0.25) is 0 Å². The summed E-state index contributed by atoms with van der Waals surface area (Å²) in [6.07, 6.45) is 1.03. The quantitative estimate of drug-likeness (QED) is 0.857. The average Bonchev–Trinajstić information content (AvgIpc) is 2.13. The summed E-state index contributed by atoms with van der Waals surface area (Å²) in [4.78, 5) is 0. The number of nitrogens with zero attached hydrogens (tertiary/aromatic N) is 1. The highest BCUT2D eigenvalue weighted by molar-refractivity contribution is 9.10. The molecule has 0 radical (unpaired) electrons. The first kappa shape index (κ1) is 15.0. The van der Waals surface area contributed by atoms with Crippen LogP contribution < -0.4 is 5.32 Å². The molecule has 0 spiro atoms. The van der Waals surface area contributed by atoms with E-state index in [4.69, 9.17) is 5.26 Å². The van der Waals surface area contributed by atoms with Crippen LogP contribution in [0, 0.1) is 16.7 Å². The van der Waals surface area contributed by atoms with E-state index in [1.807, 2.05) is 18.2 Å². The van der Waals surface area contributed by atoms with E-state index in [2.05, 4.69) is 61.9 Å². The molecule has 0 bridgehead atoms. The Labute approximate surface area is 119 Å². The second-order valence-electron chi connectivity index (χ2n) is 6.55. The van der Waals surface area contributed by atoms with Gasteiger partial charge in [-0.1, -0.05) is 36.7 Å². The lowest BCUT2D eigenvalue weighted by Crippen LogP contribution is -2.35. The van der Waals surface area contributed by atoms with Gasteiger partial charge in [-0.15, -0.1) is 0 Å². The number of nitrogens with one attached hydrogen (secondary N) is 1. The highest BCUT2D eigenvalue weighted by Crippen LogP contribution is 2.31. The van der Waals surface area contributed by atoms with Gasteiger partial charge in [0.05, 0.1) is 11.3 Å². The minimum Gasteiger partial charge on any atom is -0.379 e. The van der Waals surface area contributed by atoms with Gasteiger partial charge < -0.3 is 5.32 Å².